The van der Waals surface area contributed by atoms with E-state index in [9.17, 15) is 4.79 Å². The Hall–Kier alpha value is -0.0600. The van der Waals surface area contributed by atoms with Gasteiger partial charge >= 0.3 is 0 Å². The van der Waals surface area contributed by atoms with Crippen molar-refractivity contribution < 1.29 is 9.53 Å². The van der Waals surface area contributed by atoms with Crippen LogP contribution in [0.4, 0.5) is 0 Å². The van der Waals surface area contributed by atoms with Gasteiger partial charge in [0, 0.05) is 24.7 Å². The summed E-state index contributed by atoms with van der Waals surface area (Å²) in [6.07, 6.45) is 4.74. The summed E-state index contributed by atoms with van der Waals surface area (Å²) in [5, 5.41) is 3.09. The van der Waals surface area contributed by atoms with Crippen molar-refractivity contribution in [3.63, 3.8) is 0 Å². The molecule has 2 heterocycles. The summed E-state index contributed by atoms with van der Waals surface area (Å²) in [4.78, 5) is 12.1. The molecule has 2 atom stereocenters. The van der Waals surface area contributed by atoms with Crippen molar-refractivity contribution in [2.45, 2.75) is 37.7 Å². The van der Waals surface area contributed by atoms with Crippen LogP contribution in [0.1, 0.15) is 32.1 Å². The molecular formula is C13H23NO2S. The second-order valence-corrected chi connectivity index (χ2v) is 6.30. The fourth-order valence-corrected chi connectivity index (χ4v) is 4.19. The first-order chi connectivity index (χ1) is 8.26. The number of hydrogen-bond donors (Lipinski definition) is 1. The third-order valence-corrected chi connectivity index (χ3v) is 5.09. The first-order valence-corrected chi connectivity index (χ1v) is 7.80. The molecule has 4 heteroatoms. The molecule has 0 radical (unpaired) electrons. The molecule has 1 spiro atoms. The SMILES string of the molecule is CNCCCC(=O)C1CCOC2(CCSC2)C1. The molecule has 0 aromatic carbocycles. The number of Topliss-reactive ketones (excluding diaryl/α,β-unsaturated/α-hetero) is 1. The van der Waals surface area contributed by atoms with Crippen molar-refractivity contribution >= 4 is 17.5 Å². The van der Waals surface area contributed by atoms with Crippen LogP contribution in [-0.2, 0) is 9.53 Å². The van der Waals surface area contributed by atoms with Gasteiger partial charge in [-0.05, 0) is 45.0 Å². The molecule has 2 fully saturated rings. The van der Waals surface area contributed by atoms with Crippen molar-refractivity contribution in [3.05, 3.63) is 0 Å². The van der Waals surface area contributed by atoms with E-state index in [0.29, 0.717) is 5.78 Å². The van der Waals surface area contributed by atoms with Crippen LogP contribution in [0.5, 0.6) is 0 Å². The lowest BCUT2D eigenvalue weighted by Gasteiger charge is -2.37. The van der Waals surface area contributed by atoms with Crippen LogP contribution in [0.3, 0.4) is 0 Å². The molecule has 2 rings (SSSR count). The lowest BCUT2D eigenvalue weighted by molar-refractivity contribution is -0.134. The summed E-state index contributed by atoms with van der Waals surface area (Å²) in [6, 6.07) is 0. The Labute approximate surface area is 108 Å². The second-order valence-electron chi connectivity index (χ2n) is 5.20. The van der Waals surface area contributed by atoms with E-state index in [2.05, 4.69) is 5.32 Å². The van der Waals surface area contributed by atoms with Gasteiger partial charge in [-0.15, -0.1) is 0 Å². The van der Waals surface area contributed by atoms with Gasteiger partial charge in [-0.25, -0.2) is 0 Å². The lowest BCUT2D eigenvalue weighted by Crippen LogP contribution is -2.42. The van der Waals surface area contributed by atoms with Crippen LogP contribution in [0.2, 0.25) is 0 Å². The number of ether oxygens (including phenoxy) is 1. The van der Waals surface area contributed by atoms with Gasteiger partial charge < -0.3 is 10.1 Å². The van der Waals surface area contributed by atoms with Gasteiger partial charge in [0.15, 0.2) is 0 Å². The molecule has 2 aliphatic heterocycles. The molecule has 98 valence electrons. The van der Waals surface area contributed by atoms with Gasteiger partial charge in [-0.2, -0.15) is 11.8 Å². The van der Waals surface area contributed by atoms with E-state index < -0.39 is 0 Å². The molecule has 2 aliphatic rings. The lowest BCUT2D eigenvalue weighted by atomic mass is 9.82. The molecule has 2 unspecified atom stereocenters. The average molecular weight is 257 g/mol. The Morgan fingerprint density at radius 2 is 2.47 bits per heavy atom. The Bertz CT molecular complexity index is 264. The predicted octanol–water partition coefficient (Wildman–Crippen LogP) is 1.86. The summed E-state index contributed by atoms with van der Waals surface area (Å²) >= 11 is 1.97. The number of thioether (sulfide) groups is 1. The zero-order valence-corrected chi connectivity index (χ0v) is 11.5. The number of ketones is 1. The smallest absolute Gasteiger partial charge is 0.136 e. The summed E-state index contributed by atoms with van der Waals surface area (Å²) in [5.74, 6) is 3.01. The molecule has 0 aromatic heterocycles. The third-order valence-electron chi connectivity index (χ3n) is 3.87. The van der Waals surface area contributed by atoms with Gasteiger partial charge in [0.25, 0.3) is 0 Å². The standard InChI is InChI=1S/C13H23NO2S/c1-14-6-2-3-12(15)11-4-7-16-13(9-11)5-8-17-10-13/h11,14H,2-10H2,1H3. The topological polar surface area (TPSA) is 38.3 Å². The van der Waals surface area contributed by atoms with Gasteiger partial charge in [0.1, 0.15) is 5.78 Å². The summed E-state index contributed by atoms with van der Waals surface area (Å²) in [5.41, 5.74) is 0.0479. The van der Waals surface area contributed by atoms with E-state index >= 15 is 0 Å². The van der Waals surface area contributed by atoms with Crippen molar-refractivity contribution in [1.29, 1.82) is 0 Å². The number of rotatable bonds is 5. The Balaban J connectivity index is 1.82. The number of hydrogen-bond acceptors (Lipinski definition) is 4. The molecule has 0 saturated carbocycles. The summed E-state index contributed by atoms with van der Waals surface area (Å²) in [6.45, 7) is 1.72. The molecule has 0 amide bonds. The minimum absolute atomic E-state index is 0.0479. The molecule has 17 heavy (non-hydrogen) atoms. The van der Waals surface area contributed by atoms with Crippen molar-refractivity contribution in [1.82, 2.24) is 5.32 Å². The van der Waals surface area contributed by atoms with Crippen molar-refractivity contribution in [3.8, 4) is 0 Å². The van der Waals surface area contributed by atoms with E-state index in [1.165, 1.54) is 5.75 Å². The monoisotopic (exact) mass is 257 g/mol. The summed E-state index contributed by atoms with van der Waals surface area (Å²) in [7, 11) is 1.93. The van der Waals surface area contributed by atoms with Crippen LogP contribution in [0.15, 0.2) is 0 Å². The highest BCUT2D eigenvalue weighted by molar-refractivity contribution is 7.99. The maximum Gasteiger partial charge on any atom is 0.136 e. The molecule has 3 nitrogen and oxygen atoms in total. The zero-order valence-electron chi connectivity index (χ0n) is 10.7. The van der Waals surface area contributed by atoms with Gasteiger partial charge in [-0.3, -0.25) is 4.79 Å². The second kappa shape index (κ2) is 6.21. The van der Waals surface area contributed by atoms with Crippen LogP contribution in [-0.4, -0.2) is 43.1 Å². The number of nitrogens with one attached hydrogen (secondary N) is 1. The van der Waals surface area contributed by atoms with Crippen LogP contribution < -0.4 is 5.32 Å². The van der Waals surface area contributed by atoms with Gasteiger partial charge in [-0.1, -0.05) is 0 Å². The minimum atomic E-state index is 0.0479. The van der Waals surface area contributed by atoms with Crippen LogP contribution in [0.25, 0.3) is 0 Å². The average Bonchev–Trinajstić information content (AvgIpc) is 2.77. The van der Waals surface area contributed by atoms with Crippen molar-refractivity contribution in [2.24, 2.45) is 5.92 Å². The Kier molecular flexibility index (Phi) is 4.88. The van der Waals surface area contributed by atoms with Crippen LogP contribution in [0, 0.1) is 5.92 Å². The molecule has 1 N–H and O–H groups in total. The van der Waals surface area contributed by atoms with E-state index in [1.54, 1.807) is 0 Å². The fraction of sp³-hybridized carbons (Fsp3) is 0.923. The summed E-state index contributed by atoms with van der Waals surface area (Å²) < 4.78 is 5.95. The van der Waals surface area contributed by atoms with Crippen LogP contribution >= 0.6 is 11.8 Å². The molecule has 0 aliphatic carbocycles. The number of carbonyl (C=O) groups excluding carboxylic acids is 1. The van der Waals surface area contributed by atoms with Crippen molar-refractivity contribution in [2.75, 3.05) is 31.7 Å². The van der Waals surface area contributed by atoms with Gasteiger partial charge in [0.05, 0.1) is 5.60 Å². The maximum atomic E-state index is 12.1. The van der Waals surface area contributed by atoms with E-state index in [0.717, 1.165) is 51.0 Å². The van der Waals surface area contributed by atoms with E-state index in [1.807, 2.05) is 18.8 Å². The highest BCUT2D eigenvalue weighted by Gasteiger charge is 2.41. The molecule has 0 bridgehead atoms. The predicted molar refractivity (Wildman–Crippen MR) is 71.5 cm³/mol. The normalized spacial score (nSPS) is 33.1. The van der Waals surface area contributed by atoms with E-state index in [-0.39, 0.29) is 11.5 Å². The number of carbonyl (C=O) groups is 1. The third kappa shape index (κ3) is 3.46. The largest absolute Gasteiger partial charge is 0.374 e. The molecule has 2 saturated heterocycles. The highest BCUT2D eigenvalue weighted by Crippen LogP contribution is 2.40. The maximum absolute atomic E-state index is 12.1. The fourth-order valence-electron chi connectivity index (χ4n) is 2.81. The van der Waals surface area contributed by atoms with E-state index in [4.69, 9.17) is 4.74 Å². The first-order valence-electron chi connectivity index (χ1n) is 6.65. The Morgan fingerprint density at radius 3 is 3.18 bits per heavy atom. The Morgan fingerprint density at radius 1 is 1.59 bits per heavy atom. The highest BCUT2D eigenvalue weighted by atomic mass is 32.2. The zero-order chi connectivity index (χ0) is 12.1. The van der Waals surface area contributed by atoms with Gasteiger partial charge in [0.2, 0.25) is 0 Å². The minimum Gasteiger partial charge on any atom is -0.374 e. The quantitative estimate of drug-likeness (QED) is 0.763. The molecular weight excluding hydrogens is 234 g/mol. The molecule has 0 aromatic rings. The first kappa shape index (κ1) is 13.4.